The molecule has 0 saturated heterocycles. The molecule has 5 heteroatoms. The first kappa shape index (κ1) is 17.9. The topological polar surface area (TPSA) is 94.0 Å². The van der Waals surface area contributed by atoms with Gasteiger partial charge in [-0.2, -0.15) is 0 Å². The van der Waals surface area contributed by atoms with E-state index < -0.39 is 5.41 Å². The lowest BCUT2D eigenvalue weighted by Gasteiger charge is -2.38. The van der Waals surface area contributed by atoms with Crippen molar-refractivity contribution < 1.29 is 4.79 Å². The van der Waals surface area contributed by atoms with Gasteiger partial charge in [0.05, 0.1) is 12.7 Å². The van der Waals surface area contributed by atoms with Crippen LogP contribution in [0, 0.1) is 16.7 Å². The average Bonchev–Trinajstić information content (AvgIpc) is 3.15. The maximum absolute atomic E-state index is 12.9. The summed E-state index contributed by atoms with van der Waals surface area (Å²) in [6, 6.07) is 19.5. The number of nitrogens with one attached hydrogen (secondary N) is 2. The number of rotatable bonds is 7. The van der Waals surface area contributed by atoms with Crippen molar-refractivity contribution >= 4 is 18.6 Å². The van der Waals surface area contributed by atoms with Crippen LogP contribution in [0.15, 0.2) is 60.7 Å². The zero-order chi connectivity index (χ0) is 18.6. The van der Waals surface area contributed by atoms with Gasteiger partial charge in [0.15, 0.2) is 0 Å². The van der Waals surface area contributed by atoms with E-state index in [0.717, 1.165) is 24.0 Å². The third kappa shape index (κ3) is 2.90. The Labute approximate surface area is 153 Å². The number of carbonyl (C=O) groups is 1. The molecule has 2 aromatic rings. The van der Waals surface area contributed by atoms with E-state index in [1.165, 1.54) is 12.7 Å². The Balaban J connectivity index is 2.11. The fourth-order valence-electron chi connectivity index (χ4n) is 4.40. The van der Waals surface area contributed by atoms with Crippen molar-refractivity contribution in [2.24, 2.45) is 11.7 Å². The van der Waals surface area contributed by atoms with Crippen molar-refractivity contribution in [2.45, 2.75) is 30.7 Å². The van der Waals surface area contributed by atoms with Gasteiger partial charge in [0.25, 0.3) is 0 Å². The van der Waals surface area contributed by atoms with Crippen LogP contribution in [-0.4, -0.2) is 29.5 Å². The van der Waals surface area contributed by atoms with E-state index in [4.69, 9.17) is 16.6 Å². The molecule has 2 aromatic carbocycles. The summed E-state index contributed by atoms with van der Waals surface area (Å²) in [6.07, 6.45) is 4.70. The zero-order valence-corrected chi connectivity index (χ0v) is 14.6. The smallest absolute Gasteiger partial charge is 0.232 e. The van der Waals surface area contributed by atoms with Crippen molar-refractivity contribution in [3.8, 4) is 0 Å². The molecule has 2 atom stereocenters. The fraction of sp³-hybridized carbons (Fsp3) is 0.286. The predicted molar refractivity (Wildman–Crippen MR) is 103 cm³/mol. The summed E-state index contributed by atoms with van der Waals surface area (Å²) in [7, 11) is 0. The van der Waals surface area contributed by atoms with Gasteiger partial charge in [-0.15, -0.1) is 0 Å². The van der Waals surface area contributed by atoms with Gasteiger partial charge in [0.2, 0.25) is 5.91 Å². The highest BCUT2D eigenvalue weighted by atomic mass is 16.1. The highest BCUT2D eigenvalue weighted by Crippen LogP contribution is 2.47. The van der Waals surface area contributed by atoms with E-state index in [-0.39, 0.29) is 17.9 Å². The van der Waals surface area contributed by atoms with Crippen molar-refractivity contribution in [3.05, 3.63) is 71.8 Å². The van der Waals surface area contributed by atoms with E-state index >= 15 is 0 Å². The van der Waals surface area contributed by atoms with E-state index in [9.17, 15) is 4.79 Å². The number of carbonyl (C=O) groups excluding carboxylic acids is 1. The van der Waals surface area contributed by atoms with Crippen LogP contribution in [0.5, 0.6) is 0 Å². The Morgan fingerprint density at radius 1 is 0.962 bits per heavy atom. The highest BCUT2D eigenvalue weighted by molar-refractivity contribution is 5.91. The minimum Gasteiger partial charge on any atom is -0.369 e. The van der Waals surface area contributed by atoms with Crippen LogP contribution < -0.4 is 5.73 Å². The van der Waals surface area contributed by atoms with Gasteiger partial charge in [-0.3, -0.25) is 15.6 Å². The molecule has 134 valence electrons. The molecule has 0 heterocycles. The van der Waals surface area contributed by atoms with E-state index in [2.05, 4.69) is 0 Å². The minimum absolute atomic E-state index is 0.0113. The molecule has 0 spiro atoms. The largest absolute Gasteiger partial charge is 0.369 e. The Bertz CT molecular complexity index is 728. The first-order valence-electron chi connectivity index (χ1n) is 8.84. The summed E-state index contributed by atoms with van der Waals surface area (Å²) in [6.45, 7) is 0. The third-order valence-corrected chi connectivity index (χ3v) is 5.58. The van der Waals surface area contributed by atoms with Crippen LogP contribution in [-0.2, 0) is 10.2 Å². The molecule has 0 bridgehead atoms. The molecule has 26 heavy (non-hydrogen) atoms. The molecular weight excluding hydrogens is 324 g/mol. The molecule has 4 N–H and O–H groups in total. The van der Waals surface area contributed by atoms with Crippen molar-refractivity contribution in [2.75, 3.05) is 0 Å². The summed E-state index contributed by atoms with van der Waals surface area (Å²) in [5, 5.41) is 15.0. The Morgan fingerprint density at radius 3 is 1.88 bits per heavy atom. The Hall–Kier alpha value is -2.95. The number of hydrogen-bond acceptors (Lipinski definition) is 3. The first-order chi connectivity index (χ1) is 12.6. The molecule has 1 saturated carbocycles. The molecule has 1 amide bonds. The van der Waals surface area contributed by atoms with Gasteiger partial charge in [-0.1, -0.05) is 60.7 Å². The van der Waals surface area contributed by atoms with Gasteiger partial charge in [-0.25, -0.2) is 0 Å². The summed E-state index contributed by atoms with van der Waals surface area (Å²) in [5.41, 5.74) is 6.96. The molecule has 5 nitrogen and oxygen atoms in total. The highest BCUT2D eigenvalue weighted by Gasteiger charge is 2.50. The monoisotopic (exact) mass is 348 g/mol. The second kappa shape index (κ2) is 7.52. The van der Waals surface area contributed by atoms with Crippen LogP contribution in [0.1, 0.15) is 30.4 Å². The first-order valence-corrected chi connectivity index (χ1v) is 8.84. The molecule has 1 aliphatic carbocycles. The molecule has 1 fully saturated rings. The van der Waals surface area contributed by atoms with Crippen LogP contribution in [0.25, 0.3) is 0 Å². The number of nitrogens with two attached hydrogens (primary N) is 1. The van der Waals surface area contributed by atoms with Gasteiger partial charge in [0, 0.05) is 6.04 Å². The lowest BCUT2D eigenvalue weighted by molar-refractivity contribution is -0.123. The second-order valence-electron chi connectivity index (χ2n) is 6.77. The standard InChI is InChI=1S/C21H24N4O/c22-14-25(15-23)19-12-11-18(13-19)21(20(24)26,16-7-3-1-4-8-16)17-9-5-2-6-10-17/h1-10,14-15,18-19,22-23H,11-13H2,(H2,24,26)/t18?,19-/m0/s1. The minimum atomic E-state index is -0.910. The summed E-state index contributed by atoms with van der Waals surface area (Å²) >= 11 is 0. The van der Waals surface area contributed by atoms with Crippen LogP contribution >= 0.6 is 0 Å². The predicted octanol–water partition coefficient (Wildman–Crippen LogP) is 3.14. The lowest BCUT2D eigenvalue weighted by Crippen LogP contribution is -2.48. The molecule has 0 radical (unpaired) electrons. The maximum atomic E-state index is 12.9. The Kier molecular flexibility index (Phi) is 5.16. The number of nitrogens with zero attached hydrogens (tertiary/aromatic N) is 1. The second-order valence-corrected chi connectivity index (χ2v) is 6.77. The SMILES string of the molecule is N=CN(C=N)[C@H]1CCC(C(C(N)=O)(c2ccccc2)c2ccccc2)C1. The van der Waals surface area contributed by atoms with Gasteiger partial charge >= 0.3 is 0 Å². The normalized spacial score (nSPS) is 19.7. The Morgan fingerprint density at radius 2 is 1.46 bits per heavy atom. The summed E-state index contributed by atoms with van der Waals surface area (Å²) < 4.78 is 0. The number of amides is 1. The van der Waals surface area contributed by atoms with Crippen LogP contribution in [0.2, 0.25) is 0 Å². The van der Waals surface area contributed by atoms with Crippen molar-refractivity contribution in [3.63, 3.8) is 0 Å². The quantitative estimate of drug-likeness (QED) is 0.529. The molecule has 1 aliphatic rings. The molecular formula is C21H24N4O. The van der Waals surface area contributed by atoms with Gasteiger partial charge in [0.1, 0.15) is 5.41 Å². The fourth-order valence-corrected chi connectivity index (χ4v) is 4.40. The molecule has 3 rings (SSSR count). The lowest BCUT2D eigenvalue weighted by atomic mass is 9.64. The number of benzene rings is 2. The third-order valence-electron chi connectivity index (χ3n) is 5.58. The average molecular weight is 348 g/mol. The van der Waals surface area contributed by atoms with E-state index in [0.29, 0.717) is 6.42 Å². The van der Waals surface area contributed by atoms with E-state index in [1.807, 2.05) is 60.7 Å². The van der Waals surface area contributed by atoms with Gasteiger partial charge < -0.3 is 10.6 Å². The van der Waals surface area contributed by atoms with E-state index in [1.54, 1.807) is 4.90 Å². The maximum Gasteiger partial charge on any atom is 0.232 e. The molecule has 0 aromatic heterocycles. The zero-order valence-electron chi connectivity index (χ0n) is 14.6. The number of primary amides is 1. The van der Waals surface area contributed by atoms with Crippen LogP contribution in [0.3, 0.4) is 0 Å². The molecule has 1 unspecified atom stereocenters. The van der Waals surface area contributed by atoms with Gasteiger partial charge in [-0.05, 0) is 36.3 Å². The number of hydrogen-bond donors (Lipinski definition) is 3. The van der Waals surface area contributed by atoms with Crippen molar-refractivity contribution in [1.82, 2.24) is 4.90 Å². The molecule has 0 aliphatic heterocycles. The van der Waals surface area contributed by atoms with Crippen molar-refractivity contribution in [1.29, 1.82) is 10.8 Å². The summed E-state index contributed by atoms with van der Waals surface area (Å²) in [5.74, 6) is -0.339. The van der Waals surface area contributed by atoms with Crippen LogP contribution in [0.4, 0.5) is 0 Å². The summed E-state index contributed by atoms with van der Waals surface area (Å²) in [4.78, 5) is 14.5.